The van der Waals surface area contributed by atoms with Crippen molar-refractivity contribution >= 4 is 5.91 Å². The summed E-state index contributed by atoms with van der Waals surface area (Å²) in [5.41, 5.74) is 5.24. The molecular formula is C10H22N2O2. The first-order chi connectivity index (χ1) is 6.31. The van der Waals surface area contributed by atoms with Crippen molar-refractivity contribution in [2.75, 3.05) is 6.54 Å². The number of aliphatic hydroxyl groups excluding tert-OH is 1. The van der Waals surface area contributed by atoms with Gasteiger partial charge in [-0.3, -0.25) is 4.79 Å². The van der Waals surface area contributed by atoms with Crippen LogP contribution in [0, 0.1) is 0 Å². The molecule has 0 aliphatic rings. The molecule has 4 nitrogen and oxygen atoms in total. The zero-order valence-corrected chi connectivity index (χ0v) is 9.34. The Hall–Kier alpha value is -0.610. The Kier molecular flexibility index (Phi) is 5.72. The van der Waals surface area contributed by atoms with Crippen LogP contribution in [0.4, 0.5) is 0 Å². The number of rotatable bonds is 6. The van der Waals surface area contributed by atoms with Gasteiger partial charge in [0, 0.05) is 18.5 Å². The van der Waals surface area contributed by atoms with Gasteiger partial charge in [-0.25, -0.2) is 0 Å². The average molecular weight is 202 g/mol. The van der Waals surface area contributed by atoms with Crippen molar-refractivity contribution in [2.24, 2.45) is 5.73 Å². The lowest BCUT2D eigenvalue weighted by molar-refractivity contribution is -0.122. The molecule has 0 aliphatic carbocycles. The predicted molar refractivity (Wildman–Crippen MR) is 56.8 cm³/mol. The highest BCUT2D eigenvalue weighted by atomic mass is 16.3. The summed E-state index contributed by atoms with van der Waals surface area (Å²) in [5.74, 6) is -0.0249. The molecule has 0 aliphatic heterocycles. The van der Waals surface area contributed by atoms with E-state index in [1.807, 2.05) is 13.8 Å². The fraction of sp³-hybridized carbons (Fsp3) is 0.900. The molecule has 0 aromatic carbocycles. The van der Waals surface area contributed by atoms with E-state index >= 15 is 0 Å². The molecule has 4 N–H and O–H groups in total. The second kappa shape index (κ2) is 5.98. The van der Waals surface area contributed by atoms with Crippen molar-refractivity contribution in [3.8, 4) is 0 Å². The van der Waals surface area contributed by atoms with Gasteiger partial charge < -0.3 is 16.2 Å². The number of aliphatic hydroxyl groups is 1. The molecule has 0 radical (unpaired) electrons. The Balaban J connectivity index is 3.46. The Morgan fingerprint density at radius 3 is 2.57 bits per heavy atom. The van der Waals surface area contributed by atoms with Crippen LogP contribution in [0.5, 0.6) is 0 Å². The summed E-state index contributed by atoms with van der Waals surface area (Å²) in [4.78, 5) is 11.2. The van der Waals surface area contributed by atoms with E-state index in [2.05, 4.69) is 5.32 Å². The first kappa shape index (κ1) is 13.4. The molecule has 1 atom stereocenters. The second-order valence-corrected chi connectivity index (χ2v) is 4.51. The smallest absolute Gasteiger partial charge is 0.221 e. The average Bonchev–Trinajstić information content (AvgIpc) is 1.94. The van der Waals surface area contributed by atoms with Gasteiger partial charge in [0.25, 0.3) is 0 Å². The summed E-state index contributed by atoms with van der Waals surface area (Å²) in [6.07, 6.45) is 1.56. The first-order valence-electron chi connectivity index (χ1n) is 5.05. The van der Waals surface area contributed by atoms with Crippen molar-refractivity contribution < 1.29 is 9.90 Å². The third kappa shape index (κ3) is 9.48. The molecule has 1 amide bonds. The van der Waals surface area contributed by atoms with E-state index in [-0.39, 0.29) is 12.0 Å². The van der Waals surface area contributed by atoms with E-state index < -0.39 is 5.54 Å². The van der Waals surface area contributed by atoms with Gasteiger partial charge in [-0.15, -0.1) is 0 Å². The normalized spacial score (nSPS) is 13.8. The summed E-state index contributed by atoms with van der Waals surface area (Å²) in [5, 5.41) is 11.7. The summed E-state index contributed by atoms with van der Waals surface area (Å²) < 4.78 is 0. The molecule has 0 saturated carbocycles. The topological polar surface area (TPSA) is 75.3 Å². The Morgan fingerprint density at radius 2 is 2.14 bits per heavy atom. The van der Waals surface area contributed by atoms with E-state index in [4.69, 9.17) is 10.8 Å². The van der Waals surface area contributed by atoms with E-state index in [9.17, 15) is 4.79 Å². The van der Waals surface area contributed by atoms with Crippen LogP contribution >= 0.6 is 0 Å². The number of nitrogens with two attached hydrogens (primary N) is 1. The van der Waals surface area contributed by atoms with Gasteiger partial charge in [0.05, 0.1) is 6.10 Å². The Morgan fingerprint density at radius 1 is 1.57 bits per heavy atom. The van der Waals surface area contributed by atoms with Gasteiger partial charge in [0.2, 0.25) is 5.91 Å². The van der Waals surface area contributed by atoms with Crippen molar-refractivity contribution in [1.82, 2.24) is 5.32 Å². The van der Waals surface area contributed by atoms with Gasteiger partial charge in [0.1, 0.15) is 0 Å². The zero-order chi connectivity index (χ0) is 11.2. The van der Waals surface area contributed by atoms with Crippen LogP contribution in [0.1, 0.15) is 40.0 Å². The molecule has 0 spiro atoms. The number of nitrogens with one attached hydrogen (secondary N) is 1. The number of hydrogen-bond acceptors (Lipinski definition) is 3. The molecule has 0 saturated heterocycles. The van der Waals surface area contributed by atoms with Gasteiger partial charge in [0.15, 0.2) is 0 Å². The lowest BCUT2D eigenvalue weighted by Crippen LogP contribution is -2.39. The molecule has 0 aromatic rings. The number of carbonyl (C=O) groups excluding carboxylic acids is 1. The lowest BCUT2D eigenvalue weighted by Gasteiger charge is -2.17. The van der Waals surface area contributed by atoms with Gasteiger partial charge >= 0.3 is 0 Å². The highest BCUT2D eigenvalue weighted by Crippen LogP contribution is 2.02. The third-order valence-electron chi connectivity index (χ3n) is 1.74. The van der Waals surface area contributed by atoms with Crippen molar-refractivity contribution in [3.05, 3.63) is 0 Å². The van der Waals surface area contributed by atoms with Crippen LogP contribution in [0.15, 0.2) is 0 Å². The molecule has 84 valence electrons. The van der Waals surface area contributed by atoms with Crippen molar-refractivity contribution in [2.45, 2.75) is 51.7 Å². The molecule has 0 bridgehead atoms. The number of amides is 1. The van der Waals surface area contributed by atoms with E-state index in [0.717, 1.165) is 6.42 Å². The summed E-state index contributed by atoms with van der Waals surface area (Å²) in [6.45, 7) is 6.00. The first-order valence-corrected chi connectivity index (χ1v) is 5.05. The maximum absolute atomic E-state index is 11.2. The van der Waals surface area contributed by atoms with Gasteiger partial charge in [-0.2, -0.15) is 0 Å². The molecule has 0 rings (SSSR count). The van der Waals surface area contributed by atoms with Gasteiger partial charge in [-0.05, 0) is 33.6 Å². The minimum absolute atomic E-state index is 0.0249. The summed E-state index contributed by atoms with van der Waals surface area (Å²) in [7, 11) is 0. The monoisotopic (exact) mass is 202 g/mol. The Bertz CT molecular complexity index is 173. The van der Waals surface area contributed by atoms with Gasteiger partial charge in [-0.1, -0.05) is 0 Å². The lowest BCUT2D eigenvalue weighted by atomic mass is 10.0. The van der Waals surface area contributed by atoms with Crippen LogP contribution in [0.2, 0.25) is 0 Å². The van der Waals surface area contributed by atoms with Crippen molar-refractivity contribution in [1.29, 1.82) is 0 Å². The molecule has 0 fully saturated rings. The SMILES string of the molecule is CC(O)CCCNC(=O)CC(C)(C)N. The fourth-order valence-electron chi connectivity index (χ4n) is 1.10. The van der Waals surface area contributed by atoms with E-state index in [1.165, 1.54) is 0 Å². The summed E-state index contributed by atoms with van der Waals surface area (Å²) in [6, 6.07) is 0. The number of carbonyl (C=O) groups is 1. The molecule has 14 heavy (non-hydrogen) atoms. The minimum Gasteiger partial charge on any atom is -0.393 e. The predicted octanol–water partition coefficient (Wildman–Crippen LogP) is 0.391. The van der Waals surface area contributed by atoms with Crippen LogP contribution in [0.25, 0.3) is 0 Å². The summed E-state index contributed by atoms with van der Waals surface area (Å²) >= 11 is 0. The number of hydrogen-bond donors (Lipinski definition) is 3. The van der Waals surface area contributed by atoms with E-state index in [0.29, 0.717) is 19.4 Å². The largest absolute Gasteiger partial charge is 0.393 e. The minimum atomic E-state index is -0.450. The molecule has 4 heteroatoms. The maximum Gasteiger partial charge on any atom is 0.221 e. The van der Waals surface area contributed by atoms with Crippen LogP contribution in [-0.4, -0.2) is 29.2 Å². The molecule has 0 heterocycles. The zero-order valence-electron chi connectivity index (χ0n) is 9.34. The Labute approximate surface area is 85.9 Å². The third-order valence-corrected chi connectivity index (χ3v) is 1.74. The second-order valence-electron chi connectivity index (χ2n) is 4.51. The molecule has 1 unspecified atom stereocenters. The van der Waals surface area contributed by atoms with Crippen LogP contribution in [-0.2, 0) is 4.79 Å². The standard InChI is InChI=1S/C10H22N2O2/c1-8(13)5-4-6-12-9(14)7-10(2,3)11/h8,13H,4-7,11H2,1-3H3,(H,12,14). The van der Waals surface area contributed by atoms with E-state index in [1.54, 1.807) is 6.92 Å². The quantitative estimate of drug-likeness (QED) is 0.545. The van der Waals surface area contributed by atoms with Crippen LogP contribution in [0.3, 0.4) is 0 Å². The maximum atomic E-state index is 11.2. The van der Waals surface area contributed by atoms with Crippen LogP contribution < -0.4 is 11.1 Å². The molecule has 0 aromatic heterocycles. The highest BCUT2D eigenvalue weighted by molar-refractivity contribution is 5.76. The molecular weight excluding hydrogens is 180 g/mol. The highest BCUT2D eigenvalue weighted by Gasteiger charge is 2.15. The fourth-order valence-corrected chi connectivity index (χ4v) is 1.10. The van der Waals surface area contributed by atoms with Crippen molar-refractivity contribution in [3.63, 3.8) is 0 Å².